The van der Waals surface area contributed by atoms with Crippen molar-refractivity contribution in [3.63, 3.8) is 0 Å². The van der Waals surface area contributed by atoms with Gasteiger partial charge in [0.1, 0.15) is 5.69 Å². The van der Waals surface area contributed by atoms with E-state index in [2.05, 4.69) is 10.3 Å². The molecule has 3 rings (SSSR count). The standard InChI is InChI=1S/C18H15ClF3N3O2/c19-13-4-3-12(18(20,21)22)10-14(13)24-16(26)15-9-11(5-6-23-15)17(27)25-7-1-2-8-25/h3-6,9-10H,1-2,7-8H2,(H,24,26). The molecule has 0 bridgehead atoms. The molecule has 1 fully saturated rings. The van der Waals surface area contributed by atoms with Gasteiger partial charge in [-0.15, -0.1) is 0 Å². The number of likely N-dealkylation sites (tertiary alicyclic amines) is 1. The molecule has 1 aliphatic rings. The molecule has 5 nitrogen and oxygen atoms in total. The zero-order valence-corrected chi connectivity index (χ0v) is 14.8. The first-order chi connectivity index (χ1) is 12.8. The Morgan fingerprint density at radius 3 is 2.48 bits per heavy atom. The lowest BCUT2D eigenvalue weighted by Crippen LogP contribution is -2.28. The highest BCUT2D eigenvalue weighted by Gasteiger charge is 2.31. The molecule has 0 spiro atoms. The van der Waals surface area contributed by atoms with E-state index in [4.69, 9.17) is 11.6 Å². The van der Waals surface area contributed by atoms with Gasteiger partial charge in [-0.2, -0.15) is 13.2 Å². The number of nitrogens with one attached hydrogen (secondary N) is 1. The topological polar surface area (TPSA) is 62.3 Å². The van der Waals surface area contributed by atoms with Crippen LogP contribution in [0.4, 0.5) is 18.9 Å². The molecule has 1 aliphatic heterocycles. The smallest absolute Gasteiger partial charge is 0.339 e. The molecule has 1 aromatic heterocycles. The van der Waals surface area contributed by atoms with Crippen LogP contribution in [-0.2, 0) is 6.18 Å². The lowest BCUT2D eigenvalue weighted by atomic mass is 10.1. The fourth-order valence-corrected chi connectivity index (χ4v) is 2.94. The molecule has 0 atom stereocenters. The van der Waals surface area contributed by atoms with Gasteiger partial charge in [-0.3, -0.25) is 14.6 Å². The van der Waals surface area contributed by atoms with Crippen LogP contribution in [0.15, 0.2) is 36.5 Å². The van der Waals surface area contributed by atoms with Gasteiger partial charge in [0, 0.05) is 24.8 Å². The highest BCUT2D eigenvalue weighted by atomic mass is 35.5. The van der Waals surface area contributed by atoms with Crippen molar-refractivity contribution in [3.05, 3.63) is 58.4 Å². The lowest BCUT2D eigenvalue weighted by Gasteiger charge is -2.15. The molecule has 0 radical (unpaired) electrons. The van der Waals surface area contributed by atoms with Crippen molar-refractivity contribution in [2.75, 3.05) is 18.4 Å². The zero-order chi connectivity index (χ0) is 19.6. The number of pyridine rings is 1. The molecule has 2 amide bonds. The van der Waals surface area contributed by atoms with Crippen LogP contribution in [0.5, 0.6) is 0 Å². The minimum Gasteiger partial charge on any atom is -0.339 e. The summed E-state index contributed by atoms with van der Waals surface area (Å²) in [5, 5.41) is 2.28. The number of alkyl halides is 3. The van der Waals surface area contributed by atoms with Crippen molar-refractivity contribution >= 4 is 29.1 Å². The van der Waals surface area contributed by atoms with E-state index in [1.165, 1.54) is 18.3 Å². The van der Waals surface area contributed by atoms with Gasteiger partial charge in [0.05, 0.1) is 16.3 Å². The second-order valence-corrected chi connectivity index (χ2v) is 6.48. The summed E-state index contributed by atoms with van der Waals surface area (Å²) in [4.78, 5) is 30.4. The highest BCUT2D eigenvalue weighted by molar-refractivity contribution is 6.34. The number of aromatic nitrogens is 1. The molecule has 0 saturated carbocycles. The first-order valence-electron chi connectivity index (χ1n) is 8.19. The summed E-state index contributed by atoms with van der Waals surface area (Å²) in [6, 6.07) is 5.44. The van der Waals surface area contributed by atoms with Gasteiger partial charge in [-0.05, 0) is 43.2 Å². The van der Waals surface area contributed by atoms with Crippen molar-refractivity contribution in [2.24, 2.45) is 0 Å². The van der Waals surface area contributed by atoms with Crippen LogP contribution in [0.25, 0.3) is 0 Å². The van der Waals surface area contributed by atoms with E-state index in [1.807, 2.05) is 0 Å². The number of hydrogen-bond donors (Lipinski definition) is 1. The Bertz CT molecular complexity index is 880. The van der Waals surface area contributed by atoms with Crippen LogP contribution in [0.3, 0.4) is 0 Å². The fraction of sp³-hybridized carbons (Fsp3) is 0.278. The third-order valence-electron chi connectivity index (χ3n) is 4.17. The monoisotopic (exact) mass is 397 g/mol. The van der Waals surface area contributed by atoms with Gasteiger partial charge < -0.3 is 10.2 Å². The Hall–Kier alpha value is -2.61. The van der Waals surface area contributed by atoms with Crippen molar-refractivity contribution < 1.29 is 22.8 Å². The number of benzene rings is 1. The van der Waals surface area contributed by atoms with E-state index in [0.29, 0.717) is 18.7 Å². The molecule has 27 heavy (non-hydrogen) atoms. The molecule has 2 heterocycles. The maximum absolute atomic E-state index is 12.8. The van der Waals surface area contributed by atoms with Crippen molar-refractivity contribution in [1.29, 1.82) is 0 Å². The zero-order valence-electron chi connectivity index (χ0n) is 14.0. The van der Waals surface area contributed by atoms with Gasteiger partial charge in [0.15, 0.2) is 0 Å². The van der Waals surface area contributed by atoms with Crippen LogP contribution in [-0.4, -0.2) is 34.8 Å². The molecular formula is C18H15ClF3N3O2. The van der Waals surface area contributed by atoms with Crippen molar-refractivity contribution in [3.8, 4) is 0 Å². The second-order valence-electron chi connectivity index (χ2n) is 6.08. The number of hydrogen-bond acceptors (Lipinski definition) is 3. The van der Waals surface area contributed by atoms with Gasteiger partial charge in [-0.25, -0.2) is 0 Å². The summed E-state index contributed by atoms with van der Waals surface area (Å²) in [6.07, 6.45) is -1.40. The molecule has 0 aliphatic carbocycles. The SMILES string of the molecule is O=C(Nc1cc(C(F)(F)F)ccc1Cl)c1cc(C(=O)N2CCCC2)ccn1. The quantitative estimate of drug-likeness (QED) is 0.842. The van der Waals surface area contributed by atoms with E-state index in [9.17, 15) is 22.8 Å². The predicted octanol–water partition coefficient (Wildman–Crippen LogP) is 4.24. The Labute approximate surface area is 158 Å². The maximum atomic E-state index is 12.8. The second kappa shape index (κ2) is 7.56. The predicted molar refractivity (Wildman–Crippen MR) is 93.8 cm³/mol. The Morgan fingerprint density at radius 1 is 1.11 bits per heavy atom. The molecule has 1 saturated heterocycles. The molecule has 2 aromatic rings. The summed E-state index contributed by atoms with van der Waals surface area (Å²) < 4.78 is 38.5. The van der Waals surface area contributed by atoms with Crippen LogP contribution in [0, 0.1) is 0 Å². The van der Waals surface area contributed by atoms with Crippen molar-refractivity contribution in [1.82, 2.24) is 9.88 Å². The van der Waals surface area contributed by atoms with Crippen LogP contribution < -0.4 is 5.32 Å². The first-order valence-corrected chi connectivity index (χ1v) is 8.57. The number of anilines is 1. The average Bonchev–Trinajstić information content (AvgIpc) is 3.16. The summed E-state index contributed by atoms with van der Waals surface area (Å²) in [5.74, 6) is -0.964. The Morgan fingerprint density at radius 2 is 1.81 bits per heavy atom. The van der Waals surface area contributed by atoms with E-state index in [-0.39, 0.29) is 22.3 Å². The van der Waals surface area contributed by atoms with Gasteiger partial charge in [-0.1, -0.05) is 11.6 Å². The highest BCUT2D eigenvalue weighted by Crippen LogP contribution is 2.34. The van der Waals surface area contributed by atoms with Crippen LogP contribution in [0.2, 0.25) is 5.02 Å². The Kier molecular flexibility index (Phi) is 5.36. The molecular weight excluding hydrogens is 383 g/mol. The third kappa shape index (κ3) is 4.39. The molecule has 0 unspecified atom stereocenters. The fourth-order valence-electron chi connectivity index (χ4n) is 2.77. The number of carbonyl (C=O) groups excluding carboxylic acids is 2. The minimum absolute atomic E-state index is 0.0411. The minimum atomic E-state index is -4.57. The maximum Gasteiger partial charge on any atom is 0.416 e. The van der Waals surface area contributed by atoms with E-state index in [1.54, 1.807) is 4.90 Å². The summed E-state index contributed by atoms with van der Waals surface area (Å²) in [7, 11) is 0. The average molecular weight is 398 g/mol. The Balaban J connectivity index is 1.81. The normalized spacial score (nSPS) is 14.3. The van der Waals surface area contributed by atoms with Gasteiger partial charge in [0.25, 0.3) is 11.8 Å². The summed E-state index contributed by atoms with van der Waals surface area (Å²) in [6.45, 7) is 1.31. The first kappa shape index (κ1) is 19.2. The number of halogens is 4. The molecule has 142 valence electrons. The van der Waals surface area contributed by atoms with E-state index >= 15 is 0 Å². The van der Waals surface area contributed by atoms with E-state index in [0.717, 1.165) is 31.0 Å². The summed E-state index contributed by atoms with van der Waals surface area (Å²) >= 11 is 5.88. The van der Waals surface area contributed by atoms with Crippen LogP contribution in [0.1, 0.15) is 39.3 Å². The molecule has 1 aromatic carbocycles. The van der Waals surface area contributed by atoms with E-state index < -0.39 is 17.6 Å². The lowest BCUT2D eigenvalue weighted by molar-refractivity contribution is -0.137. The molecule has 1 N–H and O–H groups in total. The van der Waals surface area contributed by atoms with Crippen molar-refractivity contribution in [2.45, 2.75) is 19.0 Å². The van der Waals surface area contributed by atoms with Crippen LogP contribution >= 0.6 is 11.6 Å². The number of nitrogens with zero attached hydrogens (tertiary/aromatic N) is 2. The number of carbonyl (C=O) groups is 2. The largest absolute Gasteiger partial charge is 0.416 e. The third-order valence-corrected chi connectivity index (χ3v) is 4.50. The molecule has 9 heteroatoms. The van der Waals surface area contributed by atoms with Gasteiger partial charge in [0.2, 0.25) is 0 Å². The summed E-state index contributed by atoms with van der Waals surface area (Å²) in [5.41, 5.74) is -0.914. The number of rotatable bonds is 3. The van der Waals surface area contributed by atoms with Gasteiger partial charge >= 0.3 is 6.18 Å². The number of amides is 2.